The second-order valence-corrected chi connectivity index (χ2v) is 1.50. The minimum absolute atomic E-state index is 0.192. The lowest BCUT2D eigenvalue weighted by Crippen LogP contribution is -2.02. The Hall–Kier alpha value is -1.05. The van der Waals surface area contributed by atoms with Crippen LogP contribution in [0.3, 0.4) is 0 Å². The predicted molar refractivity (Wildman–Crippen MR) is 29.2 cm³/mol. The van der Waals surface area contributed by atoms with Gasteiger partial charge in [0.15, 0.2) is 0 Å². The molecule has 42 valence electrons. The minimum atomic E-state index is -0.282. The van der Waals surface area contributed by atoms with Crippen LogP contribution in [0.4, 0.5) is 0 Å². The van der Waals surface area contributed by atoms with Crippen LogP contribution in [0.25, 0.3) is 0 Å². The van der Waals surface area contributed by atoms with Gasteiger partial charge in [-0.1, -0.05) is 6.58 Å². The molecule has 2 heteroatoms. The van der Waals surface area contributed by atoms with Crippen LogP contribution >= 0.6 is 0 Å². The molecule has 0 fully saturated rings. The van der Waals surface area contributed by atoms with Crippen LogP contribution in [0, 0.1) is 0 Å². The van der Waals surface area contributed by atoms with Crippen LogP contribution in [0.15, 0.2) is 24.8 Å². The maximum absolute atomic E-state index is 10.3. The highest BCUT2D eigenvalue weighted by Crippen LogP contribution is 2.03. The average Bonchev–Trinajstić information content (AvgIpc) is 2.14. The minimum Gasteiger partial charge on any atom is -0.451 e. The van der Waals surface area contributed by atoms with Gasteiger partial charge in [0, 0.05) is 6.08 Å². The molecule has 1 atom stereocenters. The number of ether oxygens (including phenoxy) is 1. The summed E-state index contributed by atoms with van der Waals surface area (Å²) < 4.78 is 4.64. The molecule has 0 spiro atoms. The van der Waals surface area contributed by atoms with Gasteiger partial charge in [-0.05, 0) is 12.2 Å². The van der Waals surface area contributed by atoms with Crippen molar-refractivity contribution in [2.24, 2.45) is 0 Å². The Morgan fingerprint density at radius 2 is 2.62 bits per heavy atom. The Bertz CT molecular complexity index is 147. The van der Waals surface area contributed by atoms with Gasteiger partial charge in [0.2, 0.25) is 0 Å². The highest BCUT2D eigenvalue weighted by molar-refractivity contribution is 5.84. The van der Waals surface area contributed by atoms with Crippen molar-refractivity contribution in [1.29, 1.82) is 0 Å². The molecule has 2 nitrogen and oxygen atoms in total. The van der Waals surface area contributed by atoms with E-state index in [1.807, 2.05) is 0 Å². The molecule has 0 saturated carbocycles. The lowest BCUT2D eigenvalue weighted by atomic mass is 10.3. The number of esters is 1. The standard InChI is InChI=1S/C6H6O2/c1-2-5-3-4-6(7)8-5/h2-5H,1H2/t5-/m1/s1. The molecule has 0 bridgehead atoms. The van der Waals surface area contributed by atoms with Crippen LogP contribution in [0.1, 0.15) is 0 Å². The van der Waals surface area contributed by atoms with Crippen LogP contribution in [-0.4, -0.2) is 12.1 Å². The molecule has 0 saturated heterocycles. The Kier molecular flexibility index (Phi) is 1.16. The van der Waals surface area contributed by atoms with Crippen molar-refractivity contribution in [3.05, 3.63) is 24.8 Å². The zero-order valence-electron chi connectivity index (χ0n) is 4.33. The van der Waals surface area contributed by atoms with Gasteiger partial charge in [-0.3, -0.25) is 0 Å². The Balaban J connectivity index is 2.58. The van der Waals surface area contributed by atoms with E-state index in [0.717, 1.165) is 0 Å². The van der Waals surface area contributed by atoms with Crippen LogP contribution in [-0.2, 0) is 9.53 Å². The summed E-state index contributed by atoms with van der Waals surface area (Å²) >= 11 is 0. The summed E-state index contributed by atoms with van der Waals surface area (Å²) in [6, 6.07) is 0. The van der Waals surface area contributed by atoms with Gasteiger partial charge in [-0.25, -0.2) is 4.79 Å². The van der Waals surface area contributed by atoms with Gasteiger partial charge in [0.25, 0.3) is 0 Å². The van der Waals surface area contributed by atoms with E-state index >= 15 is 0 Å². The summed E-state index contributed by atoms with van der Waals surface area (Å²) in [7, 11) is 0. The molecule has 1 aliphatic rings. The quantitative estimate of drug-likeness (QED) is 0.366. The van der Waals surface area contributed by atoms with Crippen molar-refractivity contribution in [2.75, 3.05) is 0 Å². The van der Waals surface area contributed by atoms with Crippen molar-refractivity contribution in [2.45, 2.75) is 6.10 Å². The summed E-state index contributed by atoms with van der Waals surface area (Å²) in [5, 5.41) is 0. The molecule has 0 N–H and O–H groups in total. The third-order valence-electron chi connectivity index (χ3n) is 0.907. The van der Waals surface area contributed by atoms with Gasteiger partial charge in [-0.15, -0.1) is 0 Å². The van der Waals surface area contributed by atoms with E-state index in [4.69, 9.17) is 0 Å². The molecule has 0 amide bonds. The van der Waals surface area contributed by atoms with E-state index < -0.39 is 0 Å². The van der Waals surface area contributed by atoms with Crippen LogP contribution < -0.4 is 0 Å². The first-order valence-corrected chi connectivity index (χ1v) is 2.34. The molecule has 0 aromatic rings. The van der Waals surface area contributed by atoms with E-state index in [-0.39, 0.29) is 12.1 Å². The van der Waals surface area contributed by atoms with E-state index in [9.17, 15) is 4.79 Å². The number of cyclic esters (lactones) is 1. The second kappa shape index (κ2) is 1.82. The topological polar surface area (TPSA) is 26.3 Å². The first-order chi connectivity index (χ1) is 3.83. The fourth-order valence-corrected chi connectivity index (χ4v) is 0.513. The van der Waals surface area contributed by atoms with E-state index in [0.29, 0.717) is 0 Å². The van der Waals surface area contributed by atoms with Crippen molar-refractivity contribution >= 4 is 5.97 Å². The van der Waals surface area contributed by atoms with Crippen molar-refractivity contribution in [1.82, 2.24) is 0 Å². The van der Waals surface area contributed by atoms with E-state index in [2.05, 4.69) is 11.3 Å². The predicted octanol–water partition coefficient (Wildman–Crippen LogP) is 0.654. The summed E-state index contributed by atoms with van der Waals surface area (Å²) in [4.78, 5) is 10.3. The molecule has 0 unspecified atom stereocenters. The third kappa shape index (κ3) is 0.780. The van der Waals surface area contributed by atoms with Gasteiger partial charge in [-0.2, -0.15) is 0 Å². The van der Waals surface area contributed by atoms with E-state index in [1.54, 1.807) is 12.2 Å². The van der Waals surface area contributed by atoms with Crippen LogP contribution in [0.5, 0.6) is 0 Å². The molecule has 1 aliphatic heterocycles. The first kappa shape index (κ1) is 5.09. The first-order valence-electron chi connectivity index (χ1n) is 2.34. The number of rotatable bonds is 1. The molecule has 0 aromatic heterocycles. The lowest BCUT2D eigenvalue weighted by molar-refractivity contribution is -0.137. The highest BCUT2D eigenvalue weighted by atomic mass is 16.5. The lowest BCUT2D eigenvalue weighted by Gasteiger charge is -1.97. The Labute approximate surface area is 47.5 Å². The third-order valence-corrected chi connectivity index (χ3v) is 0.907. The van der Waals surface area contributed by atoms with Crippen molar-refractivity contribution in [3.8, 4) is 0 Å². The average molecular weight is 110 g/mol. The van der Waals surface area contributed by atoms with Gasteiger partial charge >= 0.3 is 5.97 Å². The summed E-state index contributed by atoms with van der Waals surface area (Å²) in [5.41, 5.74) is 0. The molecule has 0 aromatic carbocycles. The maximum atomic E-state index is 10.3. The number of hydrogen-bond donors (Lipinski definition) is 0. The number of hydrogen-bond acceptors (Lipinski definition) is 2. The number of carbonyl (C=O) groups excluding carboxylic acids is 1. The number of carbonyl (C=O) groups is 1. The largest absolute Gasteiger partial charge is 0.451 e. The second-order valence-electron chi connectivity index (χ2n) is 1.50. The molecule has 1 heterocycles. The summed E-state index contributed by atoms with van der Waals surface area (Å²) in [6.45, 7) is 3.45. The fourth-order valence-electron chi connectivity index (χ4n) is 0.513. The van der Waals surface area contributed by atoms with Crippen LogP contribution in [0.2, 0.25) is 0 Å². The maximum Gasteiger partial charge on any atom is 0.331 e. The van der Waals surface area contributed by atoms with Crippen molar-refractivity contribution in [3.63, 3.8) is 0 Å². The van der Waals surface area contributed by atoms with Crippen molar-refractivity contribution < 1.29 is 9.53 Å². The Morgan fingerprint density at radius 3 is 2.88 bits per heavy atom. The van der Waals surface area contributed by atoms with Gasteiger partial charge < -0.3 is 4.74 Å². The zero-order chi connectivity index (χ0) is 5.98. The SMILES string of the molecule is C=C[C@@H]1C=CC(=O)O1. The monoisotopic (exact) mass is 110 g/mol. The molecular formula is C6H6O2. The molecule has 0 aliphatic carbocycles. The molecule has 0 radical (unpaired) electrons. The van der Waals surface area contributed by atoms with E-state index in [1.165, 1.54) is 6.08 Å². The smallest absolute Gasteiger partial charge is 0.331 e. The normalized spacial score (nSPS) is 25.5. The summed E-state index contributed by atoms with van der Waals surface area (Å²) in [5.74, 6) is -0.282. The zero-order valence-corrected chi connectivity index (χ0v) is 4.33. The fraction of sp³-hybridized carbons (Fsp3) is 0.167. The summed E-state index contributed by atoms with van der Waals surface area (Å²) in [6.07, 6.45) is 4.44. The molecule has 1 rings (SSSR count). The van der Waals surface area contributed by atoms with Gasteiger partial charge in [0.1, 0.15) is 6.10 Å². The Morgan fingerprint density at radius 1 is 1.88 bits per heavy atom. The van der Waals surface area contributed by atoms with Gasteiger partial charge in [0.05, 0.1) is 0 Å². The molecule has 8 heavy (non-hydrogen) atoms. The molecular weight excluding hydrogens is 104 g/mol. The highest BCUT2D eigenvalue weighted by Gasteiger charge is 2.11.